The van der Waals surface area contributed by atoms with Crippen LogP contribution in [0.1, 0.15) is 31.4 Å². The topological polar surface area (TPSA) is 101 Å². The van der Waals surface area contributed by atoms with Gasteiger partial charge in [0.05, 0.1) is 29.6 Å². The van der Waals surface area contributed by atoms with E-state index in [0.717, 1.165) is 12.0 Å². The van der Waals surface area contributed by atoms with E-state index in [4.69, 9.17) is 15.7 Å². The molecule has 6 nitrogen and oxygen atoms in total. The predicted molar refractivity (Wildman–Crippen MR) is 91.7 cm³/mol. The Hall–Kier alpha value is -2.91. The number of hydrogen-bond acceptors (Lipinski definition) is 5. The average Bonchev–Trinajstić information content (AvgIpc) is 2.62. The molecule has 124 valence electrons. The zero-order valence-corrected chi connectivity index (χ0v) is 13.7. The minimum atomic E-state index is -0.535. The number of rotatable bonds is 6. The maximum atomic E-state index is 11.7. The number of nitriles is 1. The molecule has 0 saturated heterocycles. The number of carbonyl (C=O) groups is 1. The van der Waals surface area contributed by atoms with Crippen molar-refractivity contribution in [2.45, 2.75) is 32.7 Å². The molecule has 1 unspecified atom stereocenters. The van der Waals surface area contributed by atoms with Gasteiger partial charge in [-0.3, -0.25) is 4.79 Å². The number of pyridine rings is 1. The number of benzene rings is 1. The molecular formula is C18H20N4O2. The van der Waals surface area contributed by atoms with Gasteiger partial charge in [0.25, 0.3) is 0 Å². The van der Waals surface area contributed by atoms with E-state index >= 15 is 0 Å². The molecule has 6 heteroatoms. The van der Waals surface area contributed by atoms with Crippen LogP contribution >= 0.6 is 0 Å². The number of aryl methyl sites for hydroxylation is 1. The summed E-state index contributed by atoms with van der Waals surface area (Å²) in [5.41, 5.74) is 7.79. The number of nitrogens with two attached hydrogens (primary N) is 1. The number of aromatic nitrogens is 1. The number of ether oxygens (including phenoxy) is 1. The Bertz CT molecular complexity index is 751. The number of hydrogen-bond donors (Lipinski definition) is 2. The first kappa shape index (κ1) is 17.4. The fourth-order valence-electron chi connectivity index (χ4n) is 2.09. The average molecular weight is 324 g/mol. The Morgan fingerprint density at radius 3 is 2.75 bits per heavy atom. The summed E-state index contributed by atoms with van der Waals surface area (Å²) in [4.78, 5) is 15.9. The van der Waals surface area contributed by atoms with Gasteiger partial charge in [-0.15, -0.1) is 0 Å². The van der Waals surface area contributed by atoms with E-state index in [2.05, 4.69) is 16.4 Å². The quantitative estimate of drug-likeness (QED) is 0.850. The lowest BCUT2D eigenvalue weighted by atomic mass is 10.1. The lowest BCUT2D eigenvalue weighted by Gasteiger charge is -2.11. The van der Waals surface area contributed by atoms with Crippen LogP contribution in [0.25, 0.3) is 0 Å². The van der Waals surface area contributed by atoms with Crippen molar-refractivity contribution in [3.8, 4) is 17.7 Å². The monoisotopic (exact) mass is 324 g/mol. The first-order valence-electron chi connectivity index (χ1n) is 7.80. The van der Waals surface area contributed by atoms with Crippen molar-refractivity contribution in [2.75, 3.05) is 5.32 Å². The molecule has 1 atom stereocenters. The lowest BCUT2D eigenvalue weighted by molar-refractivity contribution is -0.117. The zero-order chi connectivity index (χ0) is 17.5. The van der Waals surface area contributed by atoms with Gasteiger partial charge in [0.1, 0.15) is 5.75 Å². The van der Waals surface area contributed by atoms with Crippen molar-refractivity contribution in [1.29, 1.82) is 5.26 Å². The molecule has 2 rings (SSSR count). The fraction of sp³-hybridized carbons (Fsp3) is 0.278. The Balaban J connectivity index is 2.07. The second kappa shape index (κ2) is 8.09. The van der Waals surface area contributed by atoms with Crippen molar-refractivity contribution in [1.82, 2.24) is 4.98 Å². The van der Waals surface area contributed by atoms with Crippen LogP contribution in [0.3, 0.4) is 0 Å². The number of amides is 1. The molecule has 0 bridgehead atoms. The van der Waals surface area contributed by atoms with Crippen LogP contribution in [0.4, 0.5) is 5.69 Å². The molecule has 2 aromatic rings. The SMILES string of the molecule is CCc1cc(Oc2ccc(NC(=O)C(N)CC)cn2)ccc1C#N. The third-order valence-corrected chi connectivity index (χ3v) is 3.58. The maximum Gasteiger partial charge on any atom is 0.241 e. The highest BCUT2D eigenvalue weighted by atomic mass is 16.5. The molecule has 0 aliphatic heterocycles. The maximum absolute atomic E-state index is 11.7. The Morgan fingerprint density at radius 1 is 1.38 bits per heavy atom. The summed E-state index contributed by atoms with van der Waals surface area (Å²) in [6.07, 6.45) is 2.83. The second-order valence-electron chi connectivity index (χ2n) is 5.28. The van der Waals surface area contributed by atoms with Gasteiger partial charge < -0.3 is 15.8 Å². The largest absolute Gasteiger partial charge is 0.439 e. The van der Waals surface area contributed by atoms with Crippen LogP contribution in [-0.2, 0) is 11.2 Å². The highest BCUT2D eigenvalue weighted by molar-refractivity contribution is 5.94. The van der Waals surface area contributed by atoms with Crippen LogP contribution < -0.4 is 15.8 Å². The van der Waals surface area contributed by atoms with Crippen LogP contribution in [0, 0.1) is 11.3 Å². The molecule has 0 aliphatic carbocycles. The molecule has 0 aliphatic rings. The van der Waals surface area contributed by atoms with E-state index in [1.165, 1.54) is 6.20 Å². The molecule has 0 saturated carbocycles. The van der Waals surface area contributed by atoms with Gasteiger partial charge in [-0.05, 0) is 42.7 Å². The van der Waals surface area contributed by atoms with Crippen molar-refractivity contribution < 1.29 is 9.53 Å². The Labute approximate surface area is 141 Å². The minimum Gasteiger partial charge on any atom is -0.439 e. The molecule has 1 aromatic carbocycles. The summed E-state index contributed by atoms with van der Waals surface area (Å²) in [6, 6.07) is 10.3. The van der Waals surface area contributed by atoms with Gasteiger partial charge in [0.15, 0.2) is 0 Å². The number of carbonyl (C=O) groups excluding carboxylic acids is 1. The molecule has 1 amide bonds. The normalized spacial score (nSPS) is 11.4. The van der Waals surface area contributed by atoms with E-state index in [0.29, 0.717) is 29.3 Å². The van der Waals surface area contributed by atoms with Crippen LogP contribution in [0.15, 0.2) is 36.5 Å². The third kappa shape index (κ3) is 4.31. The van der Waals surface area contributed by atoms with Gasteiger partial charge in [-0.2, -0.15) is 5.26 Å². The molecule has 0 fully saturated rings. The lowest BCUT2D eigenvalue weighted by Crippen LogP contribution is -2.34. The Kier molecular flexibility index (Phi) is 5.88. The molecule has 3 N–H and O–H groups in total. The van der Waals surface area contributed by atoms with E-state index in [1.54, 1.807) is 24.3 Å². The number of nitrogens with one attached hydrogen (secondary N) is 1. The smallest absolute Gasteiger partial charge is 0.241 e. The minimum absolute atomic E-state index is 0.243. The summed E-state index contributed by atoms with van der Waals surface area (Å²) in [5, 5.41) is 11.7. The highest BCUT2D eigenvalue weighted by Gasteiger charge is 2.11. The summed E-state index contributed by atoms with van der Waals surface area (Å²) in [5.74, 6) is 0.773. The molecule has 1 aromatic heterocycles. The molecule has 1 heterocycles. The van der Waals surface area contributed by atoms with Gasteiger partial charge >= 0.3 is 0 Å². The van der Waals surface area contributed by atoms with Gasteiger partial charge in [0.2, 0.25) is 11.8 Å². The first-order valence-corrected chi connectivity index (χ1v) is 7.80. The zero-order valence-electron chi connectivity index (χ0n) is 13.7. The van der Waals surface area contributed by atoms with E-state index in [9.17, 15) is 4.79 Å². The van der Waals surface area contributed by atoms with E-state index in [-0.39, 0.29) is 5.91 Å². The fourth-order valence-corrected chi connectivity index (χ4v) is 2.09. The number of nitrogens with zero attached hydrogens (tertiary/aromatic N) is 2. The van der Waals surface area contributed by atoms with Crippen LogP contribution in [-0.4, -0.2) is 16.9 Å². The van der Waals surface area contributed by atoms with Crippen molar-refractivity contribution >= 4 is 11.6 Å². The van der Waals surface area contributed by atoms with Crippen molar-refractivity contribution in [3.63, 3.8) is 0 Å². The molecule has 24 heavy (non-hydrogen) atoms. The predicted octanol–water partition coefficient (Wildman–Crippen LogP) is 2.98. The van der Waals surface area contributed by atoms with Crippen LogP contribution in [0.2, 0.25) is 0 Å². The van der Waals surface area contributed by atoms with E-state index < -0.39 is 6.04 Å². The molecule has 0 radical (unpaired) electrons. The summed E-state index contributed by atoms with van der Waals surface area (Å²) in [7, 11) is 0. The first-order chi connectivity index (χ1) is 11.6. The summed E-state index contributed by atoms with van der Waals surface area (Å²) < 4.78 is 5.69. The number of anilines is 1. The molecular weight excluding hydrogens is 304 g/mol. The second-order valence-corrected chi connectivity index (χ2v) is 5.28. The van der Waals surface area contributed by atoms with Gasteiger partial charge in [-0.1, -0.05) is 13.8 Å². The van der Waals surface area contributed by atoms with E-state index in [1.807, 2.05) is 19.9 Å². The third-order valence-electron chi connectivity index (χ3n) is 3.58. The van der Waals surface area contributed by atoms with Gasteiger partial charge in [-0.25, -0.2) is 4.98 Å². The van der Waals surface area contributed by atoms with Crippen molar-refractivity contribution in [2.24, 2.45) is 5.73 Å². The van der Waals surface area contributed by atoms with Crippen LogP contribution in [0.5, 0.6) is 11.6 Å². The molecule has 0 spiro atoms. The summed E-state index contributed by atoms with van der Waals surface area (Å²) >= 11 is 0. The van der Waals surface area contributed by atoms with Gasteiger partial charge in [0, 0.05) is 6.07 Å². The summed E-state index contributed by atoms with van der Waals surface area (Å²) in [6.45, 7) is 3.83. The Morgan fingerprint density at radius 2 is 2.17 bits per heavy atom. The highest BCUT2D eigenvalue weighted by Crippen LogP contribution is 2.23. The van der Waals surface area contributed by atoms with Crippen molar-refractivity contribution in [3.05, 3.63) is 47.7 Å². The standard InChI is InChI=1S/C18H20N4O2/c1-3-12-9-15(7-5-13(12)10-19)24-17-8-6-14(11-21-17)22-18(23)16(20)4-2/h5-9,11,16H,3-4,20H2,1-2H3,(H,22,23).